The Morgan fingerprint density at radius 1 is 1.19 bits per heavy atom. The molecular formula is C23H33F3N4O2. The molecular weight excluding hydrogens is 421 g/mol. The van der Waals surface area contributed by atoms with Crippen molar-refractivity contribution >= 4 is 11.8 Å². The second-order valence-corrected chi connectivity index (χ2v) is 8.64. The normalized spacial score (nSPS) is 24.7. The van der Waals surface area contributed by atoms with Gasteiger partial charge in [0.25, 0.3) is 0 Å². The van der Waals surface area contributed by atoms with E-state index in [1.165, 1.54) is 12.1 Å². The van der Waals surface area contributed by atoms with Gasteiger partial charge in [-0.25, -0.2) is 0 Å². The molecule has 2 aliphatic heterocycles. The number of fused-ring (bicyclic) bond motifs is 1. The van der Waals surface area contributed by atoms with Gasteiger partial charge in [-0.05, 0) is 51.4 Å². The number of alkyl halides is 3. The second kappa shape index (κ2) is 10.2. The first-order chi connectivity index (χ1) is 15.2. The van der Waals surface area contributed by atoms with Crippen LogP contribution < -0.4 is 5.32 Å². The van der Waals surface area contributed by atoms with E-state index in [1.807, 2.05) is 30.7 Å². The lowest BCUT2D eigenvalue weighted by Gasteiger charge is -2.33. The number of carbonyl (C=O) groups is 2. The molecule has 0 spiro atoms. The van der Waals surface area contributed by atoms with E-state index >= 15 is 0 Å². The Balaban J connectivity index is 1.65. The number of amides is 2. The molecule has 0 saturated carbocycles. The first-order valence-electron chi connectivity index (χ1n) is 11.3. The average molecular weight is 455 g/mol. The van der Waals surface area contributed by atoms with E-state index < -0.39 is 11.7 Å². The van der Waals surface area contributed by atoms with Crippen LogP contribution in [-0.2, 0) is 22.3 Å². The number of nitrogens with zero attached hydrogens (tertiary/aromatic N) is 3. The van der Waals surface area contributed by atoms with Gasteiger partial charge in [0.05, 0.1) is 5.56 Å². The number of likely N-dealkylation sites (N-methyl/N-ethyl adjacent to an activating group) is 1. The monoisotopic (exact) mass is 454 g/mol. The number of rotatable bonds is 7. The van der Waals surface area contributed by atoms with Gasteiger partial charge in [0, 0.05) is 51.2 Å². The van der Waals surface area contributed by atoms with Crippen LogP contribution in [0.4, 0.5) is 13.2 Å². The van der Waals surface area contributed by atoms with Gasteiger partial charge in [0.1, 0.15) is 6.04 Å². The Bertz CT molecular complexity index is 795. The summed E-state index contributed by atoms with van der Waals surface area (Å²) in [5.74, 6) is 0.0784. The van der Waals surface area contributed by atoms with Gasteiger partial charge in [0.2, 0.25) is 11.8 Å². The van der Waals surface area contributed by atoms with E-state index in [1.54, 1.807) is 0 Å². The highest BCUT2D eigenvalue weighted by molar-refractivity contribution is 5.83. The molecule has 6 nitrogen and oxygen atoms in total. The van der Waals surface area contributed by atoms with Crippen LogP contribution in [0.15, 0.2) is 24.3 Å². The molecule has 1 aromatic rings. The number of likely N-dealkylation sites (tertiary alicyclic amines) is 1. The zero-order valence-corrected chi connectivity index (χ0v) is 19.0. The van der Waals surface area contributed by atoms with Gasteiger partial charge in [0.15, 0.2) is 0 Å². The van der Waals surface area contributed by atoms with Gasteiger partial charge in [-0.2, -0.15) is 13.2 Å². The Kier molecular flexibility index (Phi) is 7.82. The maximum Gasteiger partial charge on any atom is 0.416 e. The number of hydrogen-bond donors (Lipinski definition) is 1. The lowest BCUT2D eigenvalue weighted by Crippen LogP contribution is -2.49. The van der Waals surface area contributed by atoms with Gasteiger partial charge in [-0.1, -0.05) is 12.1 Å². The molecule has 2 fully saturated rings. The SMILES string of the molecule is CCN(CC)C(=O)CC[C@@H]1CNC(=O)[C@H]2[C@@H](CCN2Cc2ccc(C(F)(F)F)cc2)N1C. The summed E-state index contributed by atoms with van der Waals surface area (Å²) in [6.45, 7) is 6.92. The van der Waals surface area contributed by atoms with E-state index in [9.17, 15) is 22.8 Å². The Labute approximate surface area is 187 Å². The van der Waals surface area contributed by atoms with Crippen LogP contribution in [0.2, 0.25) is 0 Å². The van der Waals surface area contributed by atoms with Crippen molar-refractivity contribution in [1.82, 2.24) is 20.0 Å². The average Bonchev–Trinajstić information content (AvgIpc) is 3.12. The predicted molar refractivity (Wildman–Crippen MR) is 116 cm³/mol. The maximum absolute atomic E-state index is 12.9. The summed E-state index contributed by atoms with van der Waals surface area (Å²) in [5.41, 5.74) is 0.0781. The first-order valence-corrected chi connectivity index (χ1v) is 11.3. The third-order valence-corrected chi connectivity index (χ3v) is 6.82. The zero-order chi connectivity index (χ0) is 23.5. The molecule has 2 aliphatic rings. The summed E-state index contributed by atoms with van der Waals surface area (Å²) in [5, 5.41) is 3.03. The van der Waals surface area contributed by atoms with Crippen LogP contribution in [0, 0.1) is 0 Å². The topological polar surface area (TPSA) is 55.9 Å². The molecule has 0 unspecified atom stereocenters. The molecule has 3 atom stereocenters. The van der Waals surface area contributed by atoms with Crippen molar-refractivity contribution in [2.45, 2.75) is 64.0 Å². The van der Waals surface area contributed by atoms with Crippen molar-refractivity contribution in [2.24, 2.45) is 0 Å². The largest absolute Gasteiger partial charge is 0.416 e. The number of benzene rings is 1. The molecule has 1 N–H and O–H groups in total. The highest BCUT2D eigenvalue weighted by Gasteiger charge is 2.45. The van der Waals surface area contributed by atoms with Crippen LogP contribution in [-0.4, -0.2) is 77.9 Å². The minimum atomic E-state index is -4.36. The minimum Gasteiger partial charge on any atom is -0.353 e. The van der Waals surface area contributed by atoms with E-state index in [-0.39, 0.29) is 29.9 Å². The molecule has 32 heavy (non-hydrogen) atoms. The fraction of sp³-hybridized carbons (Fsp3) is 0.652. The van der Waals surface area contributed by atoms with E-state index in [4.69, 9.17) is 0 Å². The molecule has 2 heterocycles. The van der Waals surface area contributed by atoms with E-state index in [0.717, 1.165) is 24.1 Å². The smallest absolute Gasteiger partial charge is 0.353 e. The zero-order valence-electron chi connectivity index (χ0n) is 19.0. The minimum absolute atomic E-state index is 0.0144. The van der Waals surface area contributed by atoms with Gasteiger partial charge < -0.3 is 10.2 Å². The molecule has 0 bridgehead atoms. The van der Waals surface area contributed by atoms with Crippen LogP contribution in [0.5, 0.6) is 0 Å². The standard InChI is InChI=1S/C23H33F3N4O2/c1-4-29(5-2)20(31)11-10-18-14-27-22(32)21-19(28(18)3)12-13-30(21)15-16-6-8-17(9-7-16)23(24,25)26/h6-9,18-19,21H,4-5,10-15H2,1-3H3,(H,27,32)/t18-,19-,21-/m1/s1. The van der Waals surface area contributed by atoms with Crippen molar-refractivity contribution in [3.8, 4) is 0 Å². The van der Waals surface area contributed by atoms with E-state index in [2.05, 4.69) is 10.2 Å². The molecule has 2 amide bonds. The number of nitrogens with one attached hydrogen (secondary N) is 1. The lowest BCUT2D eigenvalue weighted by molar-refractivity contribution is -0.137. The highest BCUT2D eigenvalue weighted by atomic mass is 19.4. The Morgan fingerprint density at radius 3 is 2.44 bits per heavy atom. The summed E-state index contributed by atoms with van der Waals surface area (Å²) in [6, 6.07) is 4.87. The second-order valence-electron chi connectivity index (χ2n) is 8.64. The third kappa shape index (κ3) is 5.43. The fourth-order valence-corrected chi connectivity index (χ4v) is 4.88. The molecule has 2 saturated heterocycles. The van der Waals surface area contributed by atoms with Crippen molar-refractivity contribution < 1.29 is 22.8 Å². The summed E-state index contributed by atoms with van der Waals surface area (Å²) >= 11 is 0. The van der Waals surface area contributed by atoms with Crippen LogP contribution in [0.3, 0.4) is 0 Å². The molecule has 3 rings (SSSR count). The van der Waals surface area contributed by atoms with Gasteiger partial charge in [-0.3, -0.25) is 19.4 Å². The summed E-state index contributed by atoms with van der Waals surface area (Å²) in [4.78, 5) is 31.4. The molecule has 0 radical (unpaired) electrons. The Morgan fingerprint density at radius 2 is 1.84 bits per heavy atom. The van der Waals surface area contributed by atoms with E-state index in [0.29, 0.717) is 45.6 Å². The summed E-state index contributed by atoms with van der Waals surface area (Å²) in [6.07, 6.45) is -2.44. The maximum atomic E-state index is 12.9. The molecule has 1 aromatic carbocycles. The van der Waals surface area contributed by atoms with Gasteiger partial charge in [-0.15, -0.1) is 0 Å². The summed E-state index contributed by atoms with van der Waals surface area (Å²) in [7, 11) is 2.01. The molecule has 0 aliphatic carbocycles. The lowest BCUT2D eigenvalue weighted by atomic mass is 10.0. The van der Waals surface area contributed by atoms with Crippen LogP contribution in [0.1, 0.15) is 44.2 Å². The number of halogens is 3. The van der Waals surface area contributed by atoms with Crippen LogP contribution >= 0.6 is 0 Å². The summed E-state index contributed by atoms with van der Waals surface area (Å²) < 4.78 is 38.5. The van der Waals surface area contributed by atoms with Crippen molar-refractivity contribution in [1.29, 1.82) is 0 Å². The number of carbonyl (C=O) groups excluding carboxylic acids is 2. The highest BCUT2D eigenvalue weighted by Crippen LogP contribution is 2.31. The van der Waals surface area contributed by atoms with Crippen molar-refractivity contribution in [3.05, 3.63) is 35.4 Å². The Hall–Kier alpha value is -2.13. The first kappa shape index (κ1) is 24.5. The van der Waals surface area contributed by atoms with Crippen LogP contribution in [0.25, 0.3) is 0 Å². The fourth-order valence-electron chi connectivity index (χ4n) is 4.88. The van der Waals surface area contributed by atoms with Crippen molar-refractivity contribution in [3.63, 3.8) is 0 Å². The third-order valence-electron chi connectivity index (χ3n) is 6.82. The van der Waals surface area contributed by atoms with Crippen molar-refractivity contribution in [2.75, 3.05) is 33.2 Å². The molecule has 178 valence electrons. The quantitative estimate of drug-likeness (QED) is 0.689. The predicted octanol–water partition coefficient (Wildman–Crippen LogP) is 2.73. The molecule has 0 aromatic heterocycles. The number of hydrogen-bond acceptors (Lipinski definition) is 4. The van der Waals surface area contributed by atoms with Gasteiger partial charge >= 0.3 is 6.18 Å². The molecule has 9 heteroatoms.